The monoisotopic (exact) mass is 282 g/mol. The molecule has 0 spiro atoms. The maximum absolute atomic E-state index is 10.9. The number of hydrogen-bond donors (Lipinski definition) is 0. The molecule has 90 valence electrons. The van der Waals surface area contributed by atoms with Gasteiger partial charge in [-0.15, -0.1) is 0 Å². The third-order valence-corrected chi connectivity index (χ3v) is 3.15. The maximum Gasteiger partial charge on any atom is 1.00 e. The van der Waals surface area contributed by atoms with Crippen LogP contribution >= 0.6 is 0 Å². The predicted molar refractivity (Wildman–Crippen MR) is 64.4 cm³/mol. The van der Waals surface area contributed by atoms with Crippen molar-refractivity contribution in [3.05, 3.63) is 42.6 Å². The summed E-state index contributed by atoms with van der Waals surface area (Å²) in [6.07, 6.45) is 1.24. The molecule has 0 aliphatic rings. The van der Waals surface area contributed by atoms with Gasteiger partial charge in [-0.1, -0.05) is 35.5 Å². The van der Waals surface area contributed by atoms with Gasteiger partial charge in [0.25, 0.3) is 5.71 Å². The average molecular weight is 282 g/mol. The second-order valence-electron chi connectivity index (χ2n) is 3.66. The van der Waals surface area contributed by atoms with Gasteiger partial charge in [-0.3, -0.25) is 4.21 Å². The Balaban J connectivity index is 0.00000133. The summed E-state index contributed by atoms with van der Waals surface area (Å²) < 4.78 is 26.9. The molecule has 1 atom stereocenters. The second kappa shape index (κ2) is 5.94. The first-order valence-electron chi connectivity index (χ1n) is 5.16. The molecule has 2 heterocycles. The zero-order chi connectivity index (χ0) is 12.5. The number of aromatic nitrogens is 2. The average Bonchev–Trinajstić information content (AvgIpc) is 2.82. The Labute approximate surface area is 133 Å². The van der Waals surface area contributed by atoms with E-state index in [1.165, 1.54) is 12.3 Å². The van der Waals surface area contributed by atoms with E-state index < -0.39 is 11.1 Å². The molecule has 3 aromatic rings. The molecule has 0 saturated heterocycles. The van der Waals surface area contributed by atoms with E-state index in [0.29, 0.717) is 16.8 Å². The summed E-state index contributed by atoms with van der Waals surface area (Å²) in [6, 6.07) is 10.9. The van der Waals surface area contributed by atoms with E-state index in [2.05, 4.69) is 10.1 Å². The summed E-state index contributed by atoms with van der Waals surface area (Å²) in [5.74, 6) is 0. The molecule has 1 aromatic carbocycles. The minimum absolute atomic E-state index is 0. The zero-order valence-corrected chi connectivity index (χ0v) is 12.9. The van der Waals surface area contributed by atoms with E-state index >= 15 is 0 Å². The van der Waals surface area contributed by atoms with Crippen LogP contribution in [0.3, 0.4) is 0 Å². The third-order valence-electron chi connectivity index (χ3n) is 2.54. The largest absolute Gasteiger partial charge is 1.00 e. The molecular formula is C12H7N2NaO3S. The fraction of sp³-hybridized carbons (Fsp3) is 0. The number of fused-ring (bicyclic) bond motifs is 1. The van der Waals surface area contributed by atoms with Crippen LogP contribution in [0.5, 0.6) is 0 Å². The molecule has 0 fully saturated rings. The van der Waals surface area contributed by atoms with Crippen molar-refractivity contribution in [2.75, 3.05) is 0 Å². The van der Waals surface area contributed by atoms with Crippen LogP contribution in [-0.2, 0) is 11.1 Å². The first-order chi connectivity index (χ1) is 8.75. The van der Waals surface area contributed by atoms with Gasteiger partial charge in [0.2, 0.25) is 0 Å². The van der Waals surface area contributed by atoms with Gasteiger partial charge in [-0.25, -0.2) is 4.98 Å². The molecule has 0 aliphatic heterocycles. The number of benzene rings is 1. The molecule has 0 radical (unpaired) electrons. The fourth-order valence-electron chi connectivity index (χ4n) is 1.71. The first-order valence-corrected chi connectivity index (χ1v) is 6.23. The molecule has 19 heavy (non-hydrogen) atoms. The fourth-order valence-corrected chi connectivity index (χ4v) is 2.06. The SMILES string of the molecule is O=S([O-])c1cnc2onc(-c3ccccc3)c2c1.[Na+]. The van der Waals surface area contributed by atoms with Crippen molar-refractivity contribution >= 4 is 22.2 Å². The second-order valence-corrected chi connectivity index (χ2v) is 4.60. The molecule has 1 unspecified atom stereocenters. The van der Waals surface area contributed by atoms with Gasteiger partial charge in [-0.05, 0) is 17.1 Å². The van der Waals surface area contributed by atoms with Crippen molar-refractivity contribution in [1.29, 1.82) is 0 Å². The molecule has 3 rings (SSSR count). The van der Waals surface area contributed by atoms with Crippen molar-refractivity contribution in [1.82, 2.24) is 10.1 Å². The molecule has 0 N–H and O–H groups in total. The Morgan fingerprint density at radius 3 is 2.63 bits per heavy atom. The van der Waals surface area contributed by atoms with Crippen LogP contribution in [0.4, 0.5) is 0 Å². The standard InChI is InChI=1S/C12H8N2O3S.Na/c15-18(16)9-6-10-11(8-4-2-1-3-5-8)14-17-12(10)13-7-9;/h1-7H,(H,15,16);/q;+1/p-1. The number of nitrogens with zero attached hydrogens (tertiary/aromatic N) is 2. The van der Waals surface area contributed by atoms with Crippen LogP contribution in [0.2, 0.25) is 0 Å². The van der Waals surface area contributed by atoms with Gasteiger partial charge in [0.15, 0.2) is 0 Å². The molecule has 5 nitrogen and oxygen atoms in total. The Kier molecular flexibility index (Phi) is 4.49. The molecule has 0 amide bonds. The van der Waals surface area contributed by atoms with Crippen LogP contribution in [0, 0.1) is 0 Å². The van der Waals surface area contributed by atoms with E-state index in [4.69, 9.17) is 4.52 Å². The van der Waals surface area contributed by atoms with E-state index in [-0.39, 0.29) is 34.5 Å². The van der Waals surface area contributed by atoms with Crippen LogP contribution < -0.4 is 29.6 Å². The zero-order valence-electron chi connectivity index (χ0n) is 10.1. The Bertz CT molecular complexity index is 730. The van der Waals surface area contributed by atoms with E-state index in [0.717, 1.165) is 5.56 Å². The van der Waals surface area contributed by atoms with Gasteiger partial charge < -0.3 is 9.08 Å². The van der Waals surface area contributed by atoms with Crippen molar-refractivity contribution < 1.29 is 42.8 Å². The van der Waals surface area contributed by atoms with E-state index in [1.54, 1.807) is 0 Å². The molecule has 2 aromatic heterocycles. The van der Waals surface area contributed by atoms with Crippen molar-refractivity contribution in [3.8, 4) is 11.3 Å². The number of pyridine rings is 1. The molecular weight excluding hydrogens is 275 g/mol. The summed E-state index contributed by atoms with van der Waals surface area (Å²) in [5.41, 5.74) is 1.76. The molecule has 0 aliphatic carbocycles. The Morgan fingerprint density at radius 2 is 1.95 bits per heavy atom. The quantitative estimate of drug-likeness (QED) is 0.451. The van der Waals surface area contributed by atoms with Crippen LogP contribution in [0.1, 0.15) is 0 Å². The normalized spacial score (nSPS) is 12.1. The minimum atomic E-state index is -2.32. The van der Waals surface area contributed by atoms with E-state index in [1.807, 2.05) is 30.3 Å². The predicted octanol–water partition coefficient (Wildman–Crippen LogP) is -0.868. The van der Waals surface area contributed by atoms with Crippen molar-refractivity contribution in [2.24, 2.45) is 0 Å². The van der Waals surface area contributed by atoms with Crippen LogP contribution in [-0.4, -0.2) is 18.9 Å². The topological polar surface area (TPSA) is 79.0 Å². The van der Waals surface area contributed by atoms with Gasteiger partial charge >= 0.3 is 29.6 Å². The van der Waals surface area contributed by atoms with Gasteiger partial charge in [0.05, 0.1) is 5.39 Å². The summed E-state index contributed by atoms with van der Waals surface area (Å²) in [7, 11) is 0. The Morgan fingerprint density at radius 1 is 1.21 bits per heavy atom. The van der Waals surface area contributed by atoms with Gasteiger partial charge in [0, 0.05) is 16.7 Å². The number of rotatable bonds is 2. The number of hydrogen-bond acceptors (Lipinski definition) is 5. The smallest absolute Gasteiger partial charge is 0.768 e. The van der Waals surface area contributed by atoms with Crippen LogP contribution in [0.25, 0.3) is 22.4 Å². The molecule has 0 saturated carbocycles. The van der Waals surface area contributed by atoms with E-state index in [9.17, 15) is 8.76 Å². The van der Waals surface area contributed by atoms with Crippen molar-refractivity contribution in [2.45, 2.75) is 4.90 Å². The third kappa shape index (κ3) is 2.77. The molecule has 7 heteroatoms. The molecule has 0 bridgehead atoms. The van der Waals surface area contributed by atoms with Gasteiger partial charge in [0.1, 0.15) is 5.69 Å². The minimum Gasteiger partial charge on any atom is -0.768 e. The van der Waals surface area contributed by atoms with Gasteiger partial charge in [-0.2, -0.15) is 0 Å². The Hall–Kier alpha value is -1.05. The first kappa shape index (κ1) is 14.4. The van der Waals surface area contributed by atoms with Crippen molar-refractivity contribution in [3.63, 3.8) is 0 Å². The summed E-state index contributed by atoms with van der Waals surface area (Å²) >= 11 is -2.32. The summed E-state index contributed by atoms with van der Waals surface area (Å²) in [5, 5.41) is 4.51. The summed E-state index contributed by atoms with van der Waals surface area (Å²) in [6.45, 7) is 0. The summed E-state index contributed by atoms with van der Waals surface area (Å²) in [4.78, 5) is 4.04. The maximum atomic E-state index is 10.9. The van der Waals surface area contributed by atoms with Crippen LogP contribution in [0.15, 0.2) is 52.0 Å².